The van der Waals surface area contributed by atoms with Gasteiger partial charge in [0, 0.05) is 44.6 Å². The molecule has 32 heavy (non-hydrogen) atoms. The van der Waals surface area contributed by atoms with Crippen LogP contribution in [-0.2, 0) is 10.2 Å². The molecule has 0 saturated carbocycles. The number of likely N-dealkylation sites (N-methyl/N-ethyl adjacent to an activating group) is 1. The molecule has 7 nitrogen and oxygen atoms in total. The number of likely N-dealkylation sites (tertiary alicyclic amines) is 1. The number of hydrogen-bond acceptors (Lipinski definition) is 4. The first-order valence-electron chi connectivity index (χ1n) is 10.9. The number of rotatable bonds is 4. The number of nitrogens with zero attached hydrogens (tertiary/aromatic N) is 5. The van der Waals surface area contributed by atoms with Gasteiger partial charge >= 0.3 is 0 Å². The molecule has 1 saturated heterocycles. The summed E-state index contributed by atoms with van der Waals surface area (Å²) in [5, 5.41) is 4.53. The van der Waals surface area contributed by atoms with E-state index in [1.807, 2.05) is 67.1 Å². The highest BCUT2D eigenvalue weighted by Gasteiger charge is 2.46. The second-order valence-corrected chi connectivity index (χ2v) is 8.72. The number of benzene rings is 1. The van der Waals surface area contributed by atoms with Crippen LogP contribution in [0.3, 0.4) is 0 Å². The zero-order chi connectivity index (χ0) is 22.9. The van der Waals surface area contributed by atoms with E-state index < -0.39 is 5.41 Å². The number of aryl methyl sites for hydroxylation is 2. The van der Waals surface area contributed by atoms with E-state index in [9.17, 15) is 9.59 Å². The Balaban J connectivity index is 1.67. The van der Waals surface area contributed by atoms with E-state index in [-0.39, 0.29) is 11.8 Å². The maximum absolute atomic E-state index is 13.5. The van der Waals surface area contributed by atoms with Crippen LogP contribution >= 0.6 is 0 Å². The Morgan fingerprint density at radius 2 is 1.88 bits per heavy atom. The first-order valence-corrected chi connectivity index (χ1v) is 10.9. The molecule has 3 heterocycles. The van der Waals surface area contributed by atoms with Gasteiger partial charge in [0.15, 0.2) is 0 Å². The fourth-order valence-electron chi connectivity index (χ4n) is 4.64. The SMILES string of the molecule is Cc1cc(C)n(-c2cccc(C(=O)N3CCC[C@@](C(=O)N(C)C)(c4ccccn4)C3)c2)n1. The highest BCUT2D eigenvalue weighted by molar-refractivity contribution is 5.96. The third kappa shape index (κ3) is 3.90. The van der Waals surface area contributed by atoms with E-state index in [1.165, 1.54) is 0 Å². The predicted octanol–water partition coefficient (Wildman–Crippen LogP) is 3.15. The normalized spacial score (nSPS) is 18.4. The molecular formula is C25H29N5O2. The molecule has 7 heteroatoms. The lowest BCUT2D eigenvalue weighted by Gasteiger charge is -2.42. The minimum absolute atomic E-state index is 0.0231. The molecule has 0 radical (unpaired) electrons. The Morgan fingerprint density at radius 1 is 1.06 bits per heavy atom. The van der Waals surface area contributed by atoms with Gasteiger partial charge in [-0.3, -0.25) is 14.6 Å². The van der Waals surface area contributed by atoms with Gasteiger partial charge in [-0.1, -0.05) is 12.1 Å². The molecule has 0 unspecified atom stereocenters. The van der Waals surface area contributed by atoms with E-state index in [0.717, 1.165) is 23.5 Å². The average molecular weight is 432 g/mol. The summed E-state index contributed by atoms with van der Waals surface area (Å²) >= 11 is 0. The van der Waals surface area contributed by atoms with Crippen LogP contribution in [-0.4, -0.2) is 63.6 Å². The average Bonchev–Trinajstić information content (AvgIpc) is 3.16. The smallest absolute Gasteiger partial charge is 0.253 e. The summed E-state index contributed by atoms with van der Waals surface area (Å²) in [5.74, 6) is -0.106. The first kappa shape index (κ1) is 21.7. The summed E-state index contributed by atoms with van der Waals surface area (Å²) < 4.78 is 1.84. The summed E-state index contributed by atoms with van der Waals surface area (Å²) in [5.41, 5.74) is 3.25. The third-order valence-electron chi connectivity index (χ3n) is 6.10. The Bertz CT molecular complexity index is 1140. The second-order valence-electron chi connectivity index (χ2n) is 8.72. The van der Waals surface area contributed by atoms with E-state index in [0.29, 0.717) is 30.8 Å². The van der Waals surface area contributed by atoms with Gasteiger partial charge in [0.2, 0.25) is 5.91 Å². The van der Waals surface area contributed by atoms with Gasteiger partial charge in [0.25, 0.3) is 5.91 Å². The van der Waals surface area contributed by atoms with Crippen LogP contribution in [0.1, 0.15) is 40.3 Å². The Labute approximate surface area is 188 Å². The molecule has 0 aliphatic carbocycles. The molecule has 1 aliphatic rings. The van der Waals surface area contributed by atoms with Gasteiger partial charge in [-0.05, 0) is 63.1 Å². The van der Waals surface area contributed by atoms with Gasteiger partial charge < -0.3 is 9.80 Å². The van der Waals surface area contributed by atoms with E-state index in [4.69, 9.17) is 0 Å². The number of carbonyl (C=O) groups excluding carboxylic acids is 2. The molecule has 0 N–H and O–H groups in total. The van der Waals surface area contributed by atoms with Crippen molar-refractivity contribution in [2.75, 3.05) is 27.2 Å². The van der Waals surface area contributed by atoms with Crippen molar-refractivity contribution >= 4 is 11.8 Å². The predicted molar refractivity (Wildman–Crippen MR) is 123 cm³/mol. The standard InChI is InChI=1S/C25H29N5O2/c1-18-15-19(2)30(27-18)21-10-7-9-20(16-21)23(31)29-14-8-12-25(17-29,24(32)28(3)4)22-11-5-6-13-26-22/h5-7,9-11,13,15-16H,8,12,14,17H2,1-4H3/t25-/m0/s1. The van der Waals surface area contributed by atoms with Crippen LogP contribution in [0.25, 0.3) is 5.69 Å². The fourth-order valence-corrected chi connectivity index (χ4v) is 4.64. The Kier molecular flexibility index (Phi) is 5.82. The quantitative estimate of drug-likeness (QED) is 0.636. The van der Waals surface area contributed by atoms with Crippen molar-refractivity contribution in [3.05, 3.63) is 77.4 Å². The van der Waals surface area contributed by atoms with Crippen LogP contribution < -0.4 is 0 Å². The third-order valence-corrected chi connectivity index (χ3v) is 6.10. The van der Waals surface area contributed by atoms with Crippen LogP contribution in [0.15, 0.2) is 54.7 Å². The van der Waals surface area contributed by atoms with E-state index in [2.05, 4.69) is 10.1 Å². The number of carbonyl (C=O) groups is 2. The van der Waals surface area contributed by atoms with Crippen molar-refractivity contribution in [3.63, 3.8) is 0 Å². The number of piperidine rings is 1. The summed E-state index contributed by atoms with van der Waals surface area (Å²) in [6.45, 7) is 4.86. The molecule has 3 aromatic rings. The molecule has 2 amide bonds. The van der Waals surface area contributed by atoms with Crippen LogP contribution in [0, 0.1) is 13.8 Å². The molecule has 0 spiro atoms. The fraction of sp³-hybridized carbons (Fsp3) is 0.360. The van der Waals surface area contributed by atoms with Gasteiger partial charge in [-0.2, -0.15) is 5.10 Å². The number of amides is 2. The van der Waals surface area contributed by atoms with E-state index >= 15 is 0 Å². The number of hydrogen-bond donors (Lipinski definition) is 0. The molecule has 1 aliphatic heterocycles. The minimum Gasteiger partial charge on any atom is -0.348 e. The van der Waals surface area contributed by atoms with Crippen LogP contribution in [0.4, 0.5) is 0 Å². The Hall–Kier alpha value is -3.48. The van der Waals surface area contributed by atoms with Gasteiger partial charge in [-0.25, -0.2) is 4.68 Å². The highest BCUT2D eigenvalue weighted by Crippen LogP contribution is 2.35. The number of aromatic nitrogens is 3. The van der Waals surface area contributed by atoms with Crippen LogP contribution in [0.5, 0.6) is 0 Å². The van der Waals surface area contributed by atoms with Crippen molar-refractivity contribution in [2.45, 2.75) is 32.1 Å². The molecule has 0 bridgehead atoms. The van der Waals surface area contributed by atoms with Crippen molar-refractivity contribution in [1.29, 1.82) is 0 Å². The van der Waals surface area contributed by atoms with Crippen molar-refractivity contribution in [1.82, 2.24) is 24.6 Å². The number of pyridine rings is 1. The highest BCUT2D eigenvalue weighted by atomic mass is 16.2. The molecule has 1 aromatic carbocycles. The minimum atomic E-state index is -0.841. The molecule has 166 valence electrons. The van der Waals surface area contributed by atoms with Gasteiger partial charge in [0.05, 0.1) is 17.1 Å². The lowest BCUT2D eigenvalue weighted by Crippen LogP contribution is -2.56. The molecule has 1 atom stereocenters. The maximum Gasteiger partial charge on any atom is 0.253 e. The van der Waals surface area contributed by atoms with Crippen molar-refractivity contribution in [3.8, 4) is 5.69 Å². The zero-order valence-corrected chi connectivity index (χ0v) is 19.1. The van der Waals surface area contributed by atoms with Gasteiger partial charge in [0.1, 0.15) is 5.41 Å². The summed E-state index contributed by atoms with van der Waals surface area (Å²) in [6, 6.07) is 15.1. The second kappa shape index (κ2) is 8.57. The first-order chi connectivity index (χ1) is 15.3. The van der Waals surface area contributed by atoms with Crippen LogP contribution in [0.2, 0.25) is 0 Å². The van der Waals surface area contributed by atoms with Gasteiger partial charge in [-0.15, -0.1) is 0 Å². The van der Waals surface area contributed by atoms with Crippen molar-refractivity contribution in [2.24, 2.45) is 0 Å². The molecule has 1 fully saturated rings. The molecule has 2 aromatic heterocycles. The lowest BCUT2D eigenvalue weighted by molar-refractivity contribution is -0.136. The lowest BCUT2D eigenvalue weighted by atomic mass is 9.75. The monoisotopic (exact) mass is 431 g/mol. The molecule has 4 rings (SSSR count). The Morgan fingerprint density at radius 3 is 2.53 bits per heavy atom. The summed E-state index contributed by atoms with van der Waals surface area (Å²) in [4.78, 5) is 34.8. The summed E-state index contributed by atoms with van der Waals surface area (Å²) in [7, 11) is 3.51. The molecular weight excluding hydrogens is 402 g/mol. The topological polar surface area (TPSA) is 71.3 Å². The summed E-state index contributed by atoms with van der Waals surface area (Å²) in [6.07, 6.45) is 3.11. The zero-order valence-electron chi connectivity index (χ0n) is 19.1. The maximum atomic E-state index is 13.5. The largest absolute Gasteiger partial charge is 0.348 e. The van der Waals surface area contributed by atoms with Crippen molar-refractivity contribution < 1.29 is 9.59 Å². The van der Waals surface area contributed by atoms with E-state index in [1.54, 1.807) is 30.1 Å².